The zero-order valence-electron chi connectivity index (χ0n) is 9.23. The number of aromatic amines is 1. The van der Waals surface area contributed by atoms with Crippen molar-refractivity contribution in [3.63, 3.8) is 0 Å². The quantitative estimate of drug-likeness (QED) is 0.712. The molecule has 4 heteroatoms. The van der Waals surface area contributed by atoms with Gasteiger partial charge in [-0.15, -0.1) is 0 Å². The molecule has 0 aromatic carbocycles. The Bertz CT molecular complexity index is 350. The van der Waals surface area contributed by atoms with Crippen LogP contribution in [-0.4, -0.2) is 21.5 Å². The van der Waals surface area contributed by atoms with Gasteiger partial charge in [0.15, 0.2) is 0 Å². The van der Waals surface area contributed by atoms with Crippen LogP contribution in [0.25, 0.3) is 0 Å². The molecule has 1 rings (SSSR count). The number of hydrogen-bond donors (Lipinski definition) is 1. The maximum Gasteiger partial charge on any atom is 0.433 e. The van der Waals surface area contributed by atoms with Gasteiger partial charge in [0.05, 0.1) is 0 Å². The zero-order valence-corrected chi connectivity index (χ0v) is 9.23. The molecule has 0 saturated heterocycles. The first-order valence-corrected chi connectivity index (χ1v) is 4.77. The minimum absolute atomic E-state index is 0.432. The zero-order chi connectivity index (χ0) is 11.3. The molecule has 1 aromatic rings. The number of ether oxygens (including phenoxy) is 1. The fourth-order valence-corrected chi connectivity index (χ4v) is 0.911. The Balaban J connectivity index is 2.88. The summed E-state index contributed by atoms with van der Waals surface area (Å²) < 4.78 is 6.47. The van der Waals surface area contributed by atoms with Crippen LogP contribution >= 0.6 is 0 Å². The summed E-state index contributed by atoms with van der Waals surface area (Å²) in [5, 5.41) is 2.78. The van der Waals surface area contributed by atoms with E-state index in [1.807, 2.05) is 32.9 Å². The first kappa shape index (κ1) is 11.4. The highest BCUT2D eigenvalue weighted by molar-refractivity contribution is 5.69. The molecule has 0 unspecified atom stereocenters. The van der Waals surface area contributed by atoms with Crippen LogP contribution in [0.2, 0.25) is 0 Å². The lowest BCUT2D eigenvalue weighted by atomic mass is 10.2. The SMILES string of the molecule is CC(C)(C)OC(=O)n1cccccc[nH]1. The third-order valence-electron chi connectivity index (χ3n) is 1.47. The van der Waals surface area contributed by atoms with E-state index >= 15 is 0 Å². The third-order valence-corrected chi connectivity index (χ3v) is 1.47. The summed E-state index contributed by atoms with van der Waals surface area (Å²) in [6, 6.07) is 7.23. The van der Waals surface area contributed by atoms with Gasteiger partial charge in [-0.3, -0.25) is 5.10 Å². The minimum Gasteiger partial charge on any atom is -0.442 e. The van der Waals surface area contributed by atoms with Crippen molar-refractivity contribution in [2.45, 2.75) is 26.4 Å². The number of nitrogens with zero attached hydrogens (tertiary/aromatic N) is 1. The summed E-state index contributed by atoms with van der Waals surface area (Å²) in [7, 11) is 0. The molecule has 0 aliphatic heterocycles. The molecule has 0 atom stereocenters. The smallest absolute Gasteiger partial charge is 0.433 e. The van der Waals surface area contributed by atoms with Crippen molar-refractivity contribution >= 4 is 6.09 Å². The molecule has 0 aliphatic carbocycles. The Kier molecular flexibility index (Phi) is 3.55. The molecule has 0 bridgehead atoms. The van der Waals surface area contributed by atoms with Crippen LogP contribution in [0.5, 0.6) is 0 Å². The van der Waals surface area contributed by atoms with E-state index in [1.54, 1.807) is 24.5 Å². The van der Waals surface area contributed by atoms with Crippen LogP contribution in [0.1, 0.15) is 20.8 Å². The van der Waals surface area contributed by atoms with Crippen LogP contribution in [0, 0.1) is 0 Å². The Labute approximate surface area is 89.2 Å². The van der Waals surface area contributed by atoms with Crippen LogP contribution in [0.3, 0.4) is 0 Å². The summed E-state index contributed by atoms with van der Waals surface area (Å²) >= 11 is 0. The number of carbonyl (C=O) groups excluding carboxylic acids is 1. The van der Waals surface area contributed by atoms with E-state index in [0.717, 1.165) is 0 Å². The van der Waals surface area contributed by atoms with Gasteiger partial charge in [0.25, 0.3) is 0 Å². The van der Waals surface area contributed by atoms with Crippen molar-refractivity contribution in [1.29, 1.82) is 0 Å². The van der Waals surface area contributed by atoms with Gasteiger partial charge in [0.2, 0.25) is 0 Å². The lowest BCUT2D eigenvalue weighted by Crippen LogP contribution is -2.27. The maximum absolute atomic E-state index is 11.6. The molecule has 0 saturated carbocycles. The second-order valence-corrected chi connectivity index (χ2v) is 4.06. The number of aromatic nitrogens is 2. The van der Waals surface area contributed by atoms with Crippen LogP contribution in [-0.2, 0) is 4.74 Å². The van der Waals surface area contributed by atoms with E-state index < -0.39 is 11.7 Å². The van der Waals surface area contributed by atoms with Crippen LogP contribution in [0.15, 0.2) is 36.7 Å². The van der Waals surface area contributed by atoms with Gasteiger partial charge in [0, 0.05) is 12.4 Å². The molecule has 15 heavy (non-hydrogen) atoms. The predicted molar refractivity (Wildman–Crippen MR) is 58.0 cm³/mol. The summed E-state index contributed by atoms with van der Waals surface area (Å²) in [6.45, 7) is 5.48. The highest BCUT2D eigenvalue weighted by Gasteiger charge is 2.16. The van der Waals surface area contributed by atoms with E-state index in [-0.39, 0.29) is 0 Å². The first-order valence-electron chi connectivity index (χ1n) is 4.77. The topological polar surface area (TPSA) is 47.0 Å². The number of nitrogens with one attached hydrogen (secondary N) is 1. The predicted octanol–water partition coefficient (Wildman–Crippen LogP) is 2.72. The molecule has 0 amide bonds. The fourth-order valence-electron chi connectivity index (χ4n) is 0.911. The highest BCUT2D eigenvalue weighted by Crippen LogP contribution is 2.07. The number of rotatable bonds is 0. The normalized spacial score (nSPS) is 10.6. The second-order valence-electron chi connectivity index (χ2n) is 4.06. The van der Waals surface area contributed by atoms with Crippen molar-refractivity contribution in [1.82, 2.24) is 9.78 Å². The Morgan fingerprint density at radius 3 is 2.53 bits per heavy atom. The van der Waals surface area contributed by atoms with Gasteiger partial charge in [0.1, 0.15) is 5.60 Å². The molecular formula is C11H16N2O2. The average Bonchev–Trinajstić information content (AvgIpc) is 1.98. The lowest BCUT2D eigenvalue weighted by Gasteiger charge is -2.19. The van der Waals surface area contributed by atoms with E-state index in [4.69, 9.17) is 4.74 Å². The summed E-state index contributed by atoms with van der Waals surface area (Å²) in [5.41, 5.74) is -0.492. The molecule has 4 nitrogen and oxygen atoms in total. The van der Waals surface area contributed by atoms with Crippen molar-refractivity contribution in [2.24, 2.45) is 0 Å². The molecule has 0 spiro atoms. The Morgan fingerprint density at radius 1 is 1.20 bits per heavy atom. The number of carbonyl (C=O) groups is 1. The molecule has 1 aromatic heterocycles. The van der Waals surface area contributed by atoms with Gasteiger partial charge in [-0.05, 0) is 32.9 Å². The summed E-state index contributed by atoms with van der Waals surface area (Å²) in [4.78, 5) is 11.6. The van der Waals surface area contributed by atoms with E-state index in [1.165, 1.54) is 4.68 Å². The second kappa shape index (κ2) is 4.68. The molecule has 82 valence electrons. The van der Waals surface area contributed by atoms with Gasteiger partial charge >= 0.3 is 6.09 Å². The van der Waals surface area contributed by atoms with E-state index in [9.17, 15) is 4.79 Å². The number of H-pyrrole nitrogens is 1. The van der Waals surface area contributed by atoms with Gasteiger partial charge < -0.3 is 4.74 Å². The standard InChI is InChI=1S/C11H16N2O2/c1-11(2,3)15-10(14)13-9-7-5-4-6-8-12-13/h4-9,12H,1-3H3. The largest absolute Gasteiger partial charge is 0.442 e. The molecule has 1 N–H and O–H groups in total. The summed E-state index contributed by atoms with van der Waals surface area (Å²) in [6.07, 6.45) is 2.83. The van der Waals surface area contributed by atoms with Gasteiger partial charge in [-0.1, -0.05) is 12.1 Å². The van der Waals surface area contributed by atoms with Crippen LogP contribution in [0.4, 0.5) is 4.79 Å². The lowest BCUT2D eigenvalue weighted by molar-refractivity contribution is 0.0512. The third kappa shape index (κ3) is 4.35. The molecule has 0 radical (unpaired) electrons. The Morgan fingerprint density at radius 2 is 1.87 bits per heavy atom. The first-order chi connectivity index (χ1) is 6.99. The van der Waals surface area contributed by atoms with Crippen molar-refractivity contribution in [2.75, 3.05) is 0 Å². The highest BCUT2D eigenvalue weighted by atomic mass is 16.6. The molecule has 1 heterocycles. The number of hydrogen-bond acceptors (Lipinski definition) is 2. The van der Waals surface area contributed by atoms with E-state index in [2.05, 4.69) is 5.10 Å². The van der Waals surface area contributed by atoms with Crippen molar-refractivity contribution < 1.29 is 9.53 Å². The summed E-state index contributed by atoms with van der Waals surface area (Å²) in [5.74, 6) is 0. The molecule has 0 aliphatic rings. The van der Waals surface area contributed by atoms with Gasteiger partial charge in [-0.2, -0.15) is 4.68 Å². The van der Waals surface area contributed by atoms with Gasteiger partial charge in [-0.25, -0.2) is 4.79 Å². The van der Waals surface area contributed by atoms with E-state index in [0.29, 0.717) is 0 Å². The minimum atomic E-state index is -0.492. The molecule has 0 fully saturated rings. The van der Waals surface area contributed by atoms with Crippen molar-refractivity contribution in [3.05, 3.63) is 36.7 Å². The van der Waals surface area contributed by atoms with Crippen molar-refractivity contribution in [3.8, 4) is 0 Å². The fraction of sp³-hybridized carbons (Fsp3) is 0.364. The average molecular weight is 208 g/mol. The monoisotopic (exact) mass is 208 g/mol. The van der Waals surface area contributed by atoms with Crippen LogP contribution < -0.4 is 0 Å². The Hall–Kier alpha value is -1.71. The molecular weight excluding hydrogens is 192 g/mol. The maximum atomic E-state index is 11.6.